The summed E-state index contributed by atoms with van der Waals surface area (Å²) in [4.78, 5) is 2.59. The van der Waals surface area contributed by atoms with Crippen LogP contribution in [0.5, 0.6) is 0 Å². The van der Waals surface area contributed by atoms with Gasteiger partial charge in [-0.25, -0.2) is 0 Å². The van der Waals surface area contributed by atoms with Crippen molar-refractivity contribution in [1.29, 1.82) is 0 Å². The molecule has 1 aliphatic heterocycles. The number of hydrogen-bond donors (Lipinski definition) is 1. The Labute approximate surface area is 176 Å². The van der Waals surface area contributed by atoms with Gasteiger partial charge in [-0.05, 0) is 56.3 Å². The Balaban J connectivity index is 1.64. The van der Waals surface area contributed by atoms with Crippen LogP contribution in [0.3, 0.4) is 0 Å². The number of anilines is 2. The molecule has 1 atom stereocenters. The van der Waals surface area contributed by atoms with Crippen molar-refractivity contribution in [2.45, 2.75) is 30.7 Å². The summed E-state index contributed by atoms with van der Waals surface area (Å²) >= 11 is 6.32. The predicted octanol–water partition coefficient (Wildman–Crippen LogP) is 4.68. The number of benzene rings is 2. The zero-order valence-corrected chi connectivity index (χ0v) is 17.8. The van der Waals surface area contributed by atoms with Crippen LogP contribution in [-0.2, 0) is 10.0 Å². The molecule has 1 N–H and O–H groups in total. The van der Waals surface area contributed by atoms with Crippen LogP contribution in [0.1, 0.15) is 19.8 Å². The minimum absolute atomic E-state index is 0.140. The summed E-state index contributed by atoms with van der Waals surface area (Å²) < 4.78 is 32.3. The summed E-state index contributed by atoms with van der Waals surface area (Å²) in [6.45, 7) is 5.07. The molecule has 8 heteroatoms. The highest BCUT2D eigenvalue weighted by atomic mass is 35.5. The van der Waals surface area contributed by atoms with Crippen LogP contribution in [0.15, 0.2) is 64.1 Å². The first-order valence-electron chi connectivity index (χ1n) is 9.76. The van der Waals surface area contributed by atoms with Crippen molar-refractivity contribution in [2.75, 3.05) is 28.8 Å². The molecule has 0 bridgehead atoms. The van der Waals surface area contributed by atoms with E-state index in [-0.39, 0.29) is 4.90 Å². The molecule has 0 spiro atoms. The standard InChI is InChI=1S/C21H24ClN3O3S/c1-2-24-11-6-7-17(24)15-23-20-14-18(13-16-10-12-28-21(16)20)25(22)29(26,27)19-8-4-3-5-9-19/h3-5,8-10,12-14,17,23H,2,6-7,11,15H2,1H3/t17-/m1/s1. The van der Waals surface area contributed by atoms with E-state index in [1.54, 1.807) is 42.7 Å². The maximum Gasteiger partial charge on any atom is 0.278 e. The van der Waals surface area contributed by atoms with Crippen LogP contribution < -0.4 is 9.14 Å². The van der Waals surface area contributed by atoms with E-state index in [1.807, 2.05) is 0 Å². The molecule has 29 heavy (non-hydrogen) atoms. The van der Waals surface area contributed by atoms with Crippen molar-refractivity contribution in [1.82, 2.24) is 4.90 Å². The highest BCUT2D eigenvalue weighted by Crippen LogP contribution is 2.34. The maximum absolute atomic E-state index is 12.9. The summed E-state index contributed by atoms with van der Waals surface area (Å²) in [5.41, 5.74) is 1.79. The van der Waals surface area contributed by atoms with Gasteiger partial charge < -0.3 is 9.73 Å². The van der Waals surface area contributed by atoms with E-state index in [0.29, 0.717) is 17.3 Å². The molecule has 1 aliphatic rings. The summed E-state index contributed by atoms with van der Waals surface area (Å²) in [6, 6.07) is 13.9. The van der Waals surface area contributed by atoms with Crippen molar-refractivity contribution in [3.05, 3.63) is 54.8 Å². The SMILES string of the molecule is CCN1CCC[C@@H]1CNc1cc(N(Cl)S(=O)(=O)c2ccccc2)cc2ccoc12. The number of likely N-dealkylation sites (N-methyl/N-ethyl adjacent to an activating group) is 1. The molecule has 6 nitrogen and oxygen atoms in total. The van der Waals surface area contributed by atoms with Crippen LogP contribution in [0.25, 0.3) is 11.0 Å². The van der Waals surface area contributed by atoms with E-state index in [1.165, 1.54) is 18.6 Å². The topological polar surface area (TPSA) is 65.8 Å². The molecule has 0 unspecified atom stereocenters. The number of sulfonamides is 1. The highest BCUT2D eigenvalue weighted by Gasteiger charge is 2.26. The van der Waals surface area contributed by atoms with Gasteiger partial charge in [0.15, 0.2) is 5.58 Å². The minimum atomic E-state index is -3.87. The Kier molecular flexibility index (Phi) is 5.72. The molecule has 3 aromatic rings. The zero-order valence-electron chi connectivity index (χ0n) is 16.2. The largest absolute Gasteiger partial charge is 0.462 e. The Morgan fingerprint density at radius 1 is 1.24 bits per heavy atom. The highest BCUT2D eigenvalue weighted by molar-refractivity contribution is 7.94. The second kappa shape index (κ2) is 8.26. The van der Waals surface area contributed by atoms with Crippen LogP contribution in [0.4, 0.5) is 11.4 Å². The number of fused-ring (bicyclic) bond motifs is 1. The van der Waals surface area contributed by atoms with Crippen molar-refractivity contribution in [3.8, 4) is 0 Å². The summed E-state index contributed by atoms with van der Waals surface area (Å²) in [6.07, 6.45) is 3.94. The summed E-state index contributed by atoms with van der Waals surface area (Å²) in [5, 5.41) is 4.24. The number of furan rings is 1. The normalized spacial score (nSPS) is 17.7. The minimum Gasteiger partial charge on any atom is -0.462 e. The lowest BCUT2D eigenvalue weighted by atomic mass is 10.2. The van der Waals surface area contributed by atoms with Gasteiger partial charge in [-0.1, -0.05) is 25.1 Å². The van der Waals surface area contributed by atoms with Gasteiger partial charge in [-0.3, -0.25) is 4.90 Å². The molecule has 0 radical (unpaired) electrons. The molecule has 2 heterocycles. The lowest BCUT2D eigenvalue weighted by molar-refractivity contribution is 0.277. The summed E-state index contributed by atoms with van der Waals surface area (Å²) in [7, 11) is -3.87. The number of halogens is 1. The third-order valence-electron chi connectivity index (χ3n) is 5.42. The molecule has 0 amide bonds. The van der Waals surface area contributed by atoms with E-state index in [2.05, 4.69) is 17.1 Å². The fourth-order valence-corrected chi connectivity index (χ4v) is 5.30. The van der Waals surface area contributed by atoms with Crippen molar-refractivity contribution < 1.29 is 12.8 Å². The molecule has 154 valence electrons. The van der Waals surface area contributed by atoms with Crippen LogP contribution in [0.2, 0.25) is 0 Å². The fourth-order valence-electron chi connectivity index (χ4n) is 3.89. The quantitative estimate of drug-likeness (QED) is 0.548. The van der Waals surface area contributed by atoms with E-state index in [4.69, 9.17) is 16.2 Å². The number of nitrogens with one attached hydrogen (secondary N) is 1. The number of nitrogens with zero attached hydrogens (tertiary/aromatic N) is 2. The Hall–Kier alpha value is -2.22. The smallest absolute Gasteiger partial charge is 0.278 e. The van der Waals surface area contributed by atoms with Gasteiger partial charge in [0, 0.05) is 29.7 Å². The van der Waals surface area contributed by atoms with Gasteiger partial charge in [-0.15, -0.1) is 0 Å². The first-order valence-corrected chi connectivity index (χ1v) is 11.5. The maximum atomic E-state index is 12.9. The third kappa shape index (κ3) is 3.95. The Morgan fingerprint density at radius 3 is 2.79 bits per heavy atom. The number of hydrogen-bond acceptors (Lipinski definition) is 5. The van der Waals surface area contributed by atoms with Crippen molar-refractivity contribution >= 4 is 44.1 Å². The average molecular weight is 434 g/mol. The molecule has 2 aromatic carbocycles. The van der Waals surface area contributed by atoms with Crippen molar-refractivity contribution in [3.63, 3.8) is 0 Å². The van der Waals surface area contributed by atoms with Crippen molar-refractivity contribution in [2.24, 2.45) is 0 Å². The molecule has 1 fully saturated rings. The first kappa shape index (κ1) is 20.1. The van der Waals surface area contributed by atoms with E-state index < -0.39 is 10.0 Å². The van der Waals surface area contributed by atoms with Gasteiger partial charge in [0.05, 0.1) is 22.5 Å². The zero-order chi connectivity index (χ0) is 20.4. The number of rotatable bonds is 7. The average Bonchev–Trinajstić information content (AvgIpc) is 3.40. The monoisotopic (exact) mass is 433 g/mol. The fraction of sp³-hybridized carbons (Fsp3) is 0.333. The Morgan fingerprint density at radius 2 is 2.03 bits per heavy atom. The molecule has 0 saturated carbocycles. The Bertz CT molecular complexity index is 1090. The van der Waals surface area contributed by atoms with Gasteiger partial charge in [0.2, 0.25) is 0 Å². The van der Waals surface area contributed by atoms with Gasteiger partial charge in [0.1, 0.15) is 0 Å². The molecular formula is C21H24ClN3O3S. The summed E-state index contributed by atoms with van der Waals surface area (Å²) in [5.74, 6) is 0. The van der Waals surface area contributed by atoms with Crippen LogP contribution in [0, 0.1) is 0 Å². The lowest BCUT2D eigenvalue weighted by Crippen LogP contribution is -2.34. The molecule has 0 aliphatic carbocycles. The second-order valence-corrected chi connectivity index (χ2v) is 9.50. The molecular weight excluding hydrogens is 410 g/mol. The van der Waals surface area contributed by atoms with Gasteiger partial charge >= 0.3 is 0 Å². The van der Waals surface area contributed by atoms with E-state index in [0.717, 1.165) is 41.0 Å². The van der Waals surface area contributed by atoms with Gasteiger partial charge in [0.25, 0.3) is 10.0 Å². The second-order valence-electron chi connectivity index (χ2n) is 7.17. The lowest BCUT2D eigenvalue weighted by Gasteiger charge is -2.24. The first-order chi connectivity index (χ1) is 14.0. The number of likely N-dealkylation sites (tertiary alicyclic amines) is 1. The predicted molar refractivity (Wildman–Crippen MR) is 117 cm³/mol. The van der Waals surface area contributed by atoms with E-state index >= 15 is 0 Å². The van der Waals surface area contributed by atoms with E-state index in [9.17, 15) is 8.42 Å². The van der Waals surface area contributed by atoms with Crippen LogP contribution in [-0.4, -0.2) is 39.0 Å². The van der Waals surface area contributed by atoms with Gasteiger partial charge in [-0.2, -0.15) is 12.2 Å². The third-order valence-corrected chi connectivity index (χ3v) is 7.67. The molecule has 4 rings (SSSR count). The van der Waals surface area contributed by atoms with Crippen LogP contribution >= 0.6 is 11.8 Å². The molecule has 1 saturated heterocycles. The molecule has 1 aromatic heterocycles.